The highest BCUT2D eigenvalue weighted by atomic mass is 16.3. The van der Waals surface area contributed by atoms with Crippen LogP contribution in [0.4, 0.5) is 0 Å². The maximum Gasteiger partial charge on any atom is 0.115 e. The van der Waals surface area contributed by atoms with Crippen molar-refractivity contribution in [2.45, 2.75) is 34.6 Å². The van der Waals surface area contributed by atoms with E-state index < -0.39 is 0 Å². The fourth-order valence-electron chi connectivity index (χ4n) is 1.61. The lowest BCUT2D eigenvalue weighted by Gasteiger charge is -1.90. The predicted octanol–water partition coefficient (Wildman–Crippen LogP) is 6.42. The van der Waals surface area contributed by atoms with E-state index in [0.29, 0.717) is 11.5 Å². The summed E-state index contributed by atoms with van der Waals surface area (Å²) >= 11 is 0. The van der Waals surface area contributed by atoms with Gasteiger partial charge in [0.05, 0.1) is 0 Å². The fourth-order valence-corrected chi connectivity index (χ4v) is 1.61. The van der Waals surface area contributed by atoms with Gasteiger partial charge in [-0.15, -0.1) is 0 Å². The summed E-state index contributed by atoms with van der Waals surface area (Å²) in [6, 6.07) is 24.3. The molecule has 3 rings (SSSR count). The van der Waals surface area contributed by atoms with Crippen molar-refractivity contribution in [2.75, 3.05) is 0 Å². The van der Waals surface area contributed by atoms with Crippen LogP contribution in [0.2, 0.25) is 0 Å². The molecule has 0 aliphatic carbocycles. The van der Waals surface area contributed by atoms with E-state index in [-0.39, 0.29) is 0 Å². The molecule has 2 nitrogen and oxygen atoms in total. The molecule has 134 valence electrons. The molecule has 2 heteroatoms. The monoisotopic (exact) mass is 338 g/mol. The van der Waals surface area contributed by atoms with Crippen LogP contribution >= 0.6 is 0 Å². The van der Waals surface area contributed by atoms with Gasteiger partial charge < -0.3 is 10.2 Å². The van der Waals surface area contributed by atoms with E-state index in [1.54, 1.807) is 36.4 Å². The minimum Gasteiger partial charge on any atom is -0.508 e. The molecule has 0 spiro atoms. The van der Waals surface area contributed by atoms with Crippen molar-refractivity contribution in [3.05, 3.63) is 95.6 Å². The molecule has 25 heavy (non-hydrogen) atoms. The van der Waals surface area contributed by atoms with Gasteiger partial charge in [0.25, 0.3) is 0 Å². The van der Waals surface area contributed by atoms with Crippen LogP contribution < -0.4 is 0 Å². The number of para-hydroxylation sites is 1. The van der Waals surface area contributed by atoms with Crippen LogP contribution in [0.3, 0.4) is 0 Å². The summed E-state index contributed by atoms with van der Waals surface area (Å²) in [4.78, 5) is 0. The molecule has 3 aromatic carbocycles. The first-order valence-corrected chi connectivity index (χ1v) is 8.50. The van der Waals surface area contributed by atoms with Gasteiger partial charge in [0.2, 0.25) is 0 Å². The Hall–Kier alpha value is -2.74. The van der Waals surface area contributed by atoms with E-state index in [4.69, 9.17) is 10.2 Å². The zero-order valence-electron chi connectivity index (χ0n) is 15.9. The summed E-state index contributed by atoms with van der Waals surface area (Å²) in [5, 5.41) is 17.4. The molecule has 3 aromatic rings. The van der Waals surface area contributed by atoms with E-state index in [9.17, 15) is 0 Å². The van der Waals surface area contributed by atoms with Crippen molar-refractivity contribution in [1.29, 1.82) is 0 Å². The topological polar surface area (TPSA) is 40.5 Å². The van der Waals surface area contributed by atoms with Gasteiger partial charge in [0.1, 0.15) is 11.5 Å². The Labute approximate surface area is 152 Å². The van der Waals surface area contributed by atoms with Gasteiger partial charge in [-0.2, -0.15) is 0 Å². The molecule has 0 aromatic heterocycles. The maximum absolute atomic E-state index is 8.76. The molecule has 0 saturated carbocycles. The summed E-state index contributed by atoms with van der Waals surface area (Å²) in [6.07, 6.45) is 0. The third kappa shape index (κ3) is 12.4. The second-order valence-corrected chi connectivity index (χ2v) is 5.33. The van der Waals surface area contributed by atoms with Gasteiger partial charge in [-0.05, 0) is 45.0 Å². The number of aryl methyl sites for hydroxylation is 3. The van der Waals surface area contributed by atoms with Crippen LogP contribution in [0.1, 0.15) is 30.5 Å². The molecule has 0 atom stereocenters. The third-order valence-electron chi connectivity index (χ3n) is 3.01. The van der Waals surface area contributed by atoms with E-state index >= 15 is 0 Å². The number of hydrogen-bond acceptors (Lipinski definition) is 2. The summed E-state index contributed by atoms with van der Waals surface area (Å²) in [7, 11) is 0. The van der Waals surface area contributed by atoms with Crippen molar-refractivity contribution in [3.8, 4) is 11.5 Å². The number of hydrogen-bond donors (Lipinski definition) is 2. The molecule has 0 fully saturated rings. The Morgan fingerprint density at radius 1 is 0.440 bits per heavy atom. The molecule has 0 radical (unpaired) electrons. The molecule has 0 bridgehead atoms. The van der Waals surface area contributed by atoms with Gasteiger partial charge in [-0.25, -0.2) is 0 Å². The molecule has 0 unspecified atom stereocenters. The van der Waals surface area contributed by atoms with Gasteiger partial charge >= 0.3 is 0 Å². The lowest BCUT2D eigenvalue weighted by atomic mass is 10.2. The fraction of sp³-hybridized carbons (Fsp3) is 0.217. The Morgan fingerprint density at radius 2 is 0.720 bits per heavy atom. The van der Waals surface area contributed by atoms with Gasteiger partial charge in [-0.3, -0.25) is 0 Å². The van der Waals surface area contributed by atoms with E-state index in [1.807, 2.05) is 39.0 Å². The van der Waals surface area contributed by atoms with E-state index in [2.05, 4.69) is 38.1 Å². The Bertz CT molecular complexity index is 571. The van der Waals surface area contributed by atoms with Crippen LogP contribution in [0.15, 0.2) is 78.9 Å². The number of phenols is 2. The minimum absolute atomic E-state index is 0.322. The maximum atomic E-state index is 8.76. The summed E-state index contributed by atoms with van der Waals surface area (Å²) < 4.78 is 0. The van der Waals surface area contributed by atoms with Crippen LogP contribution in [0.5, 0.6) is 11.5 Å². The Kier molecular flexibility index (Phi) is 12.2. The average molecular weight is 338 g/mol. The lowest BCUT2D eigenvalue weighted by molar-refractivity contribution is 0.474. The number of aromatic hydroxyl groups is 2. The van der Waals surface area contributed by atoms with Crippen molar-refractivity contribution in [1.82, 2.24) is 0 Å². The second kappa shape index (κ2) is 13.7. The normalized spacial score (nSPS) is 8.52. The Balaban J connectivity index is 0.000000330. The van der Waals surface area contributed by atoms with Crippen LogP contribution in [-0.4, -0.2) is 10.2 Å². The largest absolute Gasteiger partial charge is 0.508 e. The first kappa shape index (κ1) is 22.3. The van der Waals surface area contributed by atoms with E-state index in [0.717, 1.165) is 0 Å². The standard InChI is InChI=1S/C8H10.C7H8O.C6H6O.C2H6/c1-7-3-5-8(2)6-4-7;1-6-2-4-7(8)5-3-6;7-6-4-2-1-3-5-6;1-2/h3-6H,1-2H3;2-5,8H,1H3;1-5,7H;1-2H3. The first-order valence-electron chi connectivity index (χ1n) is 8.50. The highest BCUT2D eigenvalue weighted by molar-refractivity contribution is 5.24. The van der Waals surface area contributed by atoms with Crippen molar-refractivity contribution < 1.29 is 10.2 Å². The van der Waals surface area contributed by atoms with Gasteiger partial charge in [0, 0.05) is 0 Å². The summed E-state index contributed by atoms with van der Waals surface area (Å²) in [6.45, 7) is 10.2. The molecule has 0 saturated heterocycles. The SMILES string of the molecule is CC.Cc1ccc(C)cc1.Cc1ccc(O)cc1.Oc1ccccc1. The molecular weight excluding hydrogens is 308 g/mol. The molecule has 0 aliphatic heterocycles. The van der Waals surface area contributed by atoms with Crippen LogP contribution in [-0.2, 0) is 0 Å². The summed E-state index contributed by atoms with van der Waals surface area (Å²) in [5.41, 5.74) is 3.83. The average Bonchev–Trinajstić information content (AvgIpc) is 2.64. The molecule has 0 aliphatic rings. The zero-order chi connectivity index (χ0) is 19.1. The second-order valence-electron chi connectivity index (χ2n) is 5.33. The molecule has 2 N–H and O–H groups in total. The van der Waals surface area contributed by atoms with Gasteiger partial charge in [-0.1, -0.05) is 85.1 Å². The zero-order valence-corrected chi connectivity index (χ0v) is 15.9. The molecule has 0 amide bonds. The van der Waals surface area contributed by atoms with E-state index in [1.165, 1.54) is 16.7 Å². The minimum atomic E-state index is 0.322. The van der Waals surface area contributed by atoms with Crippen LogP contribution in [0.25, 0.3) is 0 Å². The highest BCUT2D eigenvalue weighted by Crippen LogP contribution is 2.07. The Morgan fingerprint density at radius 3 is 0.960 bits per heavy atom. The quantitative estimate of drug-likeness (QED) is 0.496. The highest BCUT2D eigenvalue weighted by Gasteiger charge is 1.82. The van der Waals surface area contributed by atoms with Crippen molar-refractivity contribution in [3.63, 3.8) is 0 Å². The molecular formula is C23H30O2. The third-order valence-corrected chi connectivity index (χ3v) is 3.01. The lowest BCUT2D eigenvalue weighted by Crippen LogP contribution is -1.70. The number of rotatable bonds is 0. The number of benzene rings is 3. The summed E-state index contributed by atoms with van der Waals surface area (Å²) in [5.74, 6) is 0.651. The van der Waals surface area contributed by atoms with Crippen molar-refractivity contribution >= 4 is 0 Å². The van der Waals surface area contributed by atoms with Gasteiger partial charge in [0.15, 0.2) is 0 Å². The molecule has 0 heterocycles. The first-order chi connectivity index (χ1) is 12.0. The van der Waals surface area contributed by atoms with Crippen LogP contribution in [0, 0.1) is 20.8 Å². The predicted molar refractivity (Wildman–Crippen MR) is 108 cm³/mol. The van der Waals surface area contributed by atoms with Crippen molar-refractivity contribution in [2.24, 2.45) is 0 Å². The number of phenolic OH excluding ortho intramolecular Hbond substituents is 2. The smallest absolute Gasteiger partial charge is 0.115 e.